The molecule has 0 saturated carbocycles. The van der Waals surface area contributed by atoms with Crippen molar-refractivity contribution in [1.82, 2.24) is 4.90 Å². The Labute approximate surface area is 113 Å². The summed E-state index contributed by atoms with van der Waals surface area (Å²) in [4.78, 5) is 14.1. The van der Waals surface area contributed by atoms with E-state index in [1.165, 1.54) is 7.11 Å². The van der Waals surface area contributed by atoms with Gasteiger partial charge in [0, 0.05) is 31.9 Å². The number of nitrogen functional groups attached to an aromatic ring is 1. The summed E-state index contributed by atoms with van der Waals surface area (Å²) in [6, 6.07) is 5.51. The first-order valence-corrected chi connectivity index (χ1v) is 6.48. The maximum absolute atomic E-state index is 11.8. The van der Waals surface area contributed by atoms with Crippen molar-refractivity contribution in [3.63, 3.8) is 0 Å². The number of ether oxygens (including phenoxy) is 2. The lowest BCUT2D eigenvalue weighted by Crippen LogP contribution is -2.27. The minimum absolute atomic E-state index is 0.376. The minimum Gasteiger partial charge on any atom is -0.465 e. The van der Waals surface area contributed by atoms with E-state index >= 15 is 0 Å². The van der Waals surface area contributed by atoms with Crippen LogP contribution in [0.2, 0.25) is 0 Å². The number of hydrogen-bond donors (Lipinski definition) is 1. The Morgan fingerprint density at radius 2 is 2.26 bits per heavy atom. The molecule has 1 aliphatic heterocycles. The Balaban J connectivity index is 2.19. The Hall–Kier alpha value is -1.59. The number of anilines is 1. The summed E-state index contributed by atoms with van der Waals surface area (Å²) in [6.45, 7) is 4.07. The third kappa shape index (κ3) is 3.45. The number of carbonyl (C=O) groups excluding carboxylic acids is 1. The number of hydrogen-bond acceptors (Lipinski definition) is 5. The van der Waals surface area contributed by atoms with E-state index in [2.05, 4.69) is 4.90 Å². The van der Waals surface area contributed by atoms with E-state index in [1.54, 1.807) is 6.07 Å². The van der Waals surface area contributed by atoms with Crippen molar-refractivity contribution < 1.29 is 14.3 Å². The average Bonchev–Trinajstić information content (AvgIpc) is 2.67. The lowest BCUT2D eigenvalue weighted by molar-refractivity contribution is 0.0599. The second-order valence-corrected chi connectivity index (χ2v) is 4.62. The normalized spacial score (nSPS) is 16.9. The SMILES string of the molecule is COC(=O)c1c(N)cccc1CN1CCCOCC1. The maximum atomic E-state index is 11.8. The molecule has 0 bridgehead atoms. The van der Waals surface area contributed by atoms with Gasteiger partial charge in [0.1, 0.15) is 0 Å². The molecule has 1 fully saturated rings. The zero-order valence-electron chi connectivity index (χ0n) is 11.2. The topological polar surface area (TPSA) is 64.8 Å². The molecule has 0 atom stereocenters. The first kappa shape index (κ1) is 13.8. The summed E-state index contributed by atoms with van der Waals surface area (Å²) in [5.41, 5.74) is 7.75. The van der Waals surface area contributed by atoms with Crippen LogP contribution in [0.5, 0.6) is 0 Å². The van der Waals surface area contributed by atoms with Crippen LogP contribution in [-0.2, 0) is 16.0 Å². The van der Waals surface area contributed by atoms with Crippen LogP contribution >= 0.6 is 0 Å². The fourth-order valence-electron chi connectivity index (χ4n) is 2.30. The number of nitrogens with two attached hydrogens (primary N) is 1. The van der Waals surface area contributed by atoms with Crippen LogP contribution in [0.4, 0.5) is 5.69 Å². The molecule has 19 heavy (non-hydrogen) atoms. The number of carbonyl (C=O) groups is 1. The Bertz CT molecular complexity index is 440. The molecular formula is C14H20N2O3. The van der Waals surface area contributed by atoms with Gasteiger partial charge in [0.05, 0.1) is 19.3 Å². The van der Waals surface area contributed by atoms with E-state index in [1.807, 2.05) is 12.1 Å². The fraction of sp³-hybridized carbons (Fsp3) is 0.500. The molecule has 1 saturated heterocycles. The number of rotatable bonds is 3. The van der Waals surface area contributed by atoms with Gasteiger partial charge in [0.25, 0.3) is 0 Å². The zero-order chi connectivity index (χ0) is 13.7. The van der Waals surface area contributed by atoms with Gasteiger partial charge in [-0.15, -0.1) is 0 Å². The highest BCUT2D eigenvalue weighted by atomic mass is 16.5. The van der Waals surface area contributed by atoms with Crippen molar-refractivity contribution in [3.8, 4) is 0 Å². The quantitative estimate of drug-likeness (QED) is 0.658. The maximum Gasteiger partial charge on any atom is 0.340 e. The Morgan fingerprint density at radius 1 is 1.42 bits per heavy atom. The molecule has 0 aliphatic carbocycles. The van der Waals surface area contributed by atoms with Gasteiger partial charge in [-0.3, -0.25) is 4.90 Å². The molecule has 2 rings (SSSR count). The van der Waals surface area contributed by atoms with Gasteiger partial charge >= 0.3 is 5.97 Å². The molecule has 5 heteroatoms. The molecule has 2 N–H and O–H groups in total. The van der Waals surface area contributed by atoms with Crippen molar-refractivity contribution in [2.75, 3.05) is 39.1 Å². The van der Waals surface area contributed by atoms with Gasteiger partial charge in [0.15, 0.2) is 0 Å². The van der Waals surface area contributed by atoms with Crippen LogP contribution in [0, 0.1) is 0 Å². The van der Waals surface area contributed by atoms with Gasteiger partial charge < -0.3 is 15.2 Å². The standard InChI is InChI=1S/C14H20N2O3/c1-18-14(17)13-11(4-2-5-12(13)15)10-16-6-3-8-19-9-7-16/h2,4-5H,3,6-10,15H2,1H3. The Morgan fingerprint density at radius 3 is 3.05 bits per heavy atom. The fourth-order valence-corrected chi connectivity index (χ4v) is 2.30. The van der Waals surface area contributed by atoms with Gasteiger partial charge in [-0.05, 0) is 18.1 Å². The highest BCUT2D eigenvalue weighted by Gasteiger charge is 2.18. The van der Waals surface area contributed by atoms with Crippen LogP contribution in [0.15, 0.2) is 18.2 Å². The van der Waals surface area contributed by atoms with Crippen molar-refractivity contribution in [2.45, 2.75) is 13.0 Å². The van der Waals surface area contributed by atoms with Crippen LogP contribution in [-0.4, -0.2) is 44.3 Å². The van der Waals surface area contributed by atoms with E-state index < -0.39 is 0 Å². The number of methoxy groups -OCH3 is 1. The molecule has 5 nitrogen and oxygen atoms in total. The van der Waals surface area contributed by atoms with Gasteiger partial charge in [0.2, 0.25) is 0 Å². The van der Waals surface area contributed by atoms with Crippen LogP contribution in [0.3, 0.4) is 0 Å². The molecule has 104 valence electrons. The Kier molecular flexibility index (Phi) is 4.76. The molecule has 0 aromatic heterocycles. The molecule has 0 spiro atoms. The average molecular weight is 264 g/mol. The molecule has 1 aromatic rings. The van der Waals surface area contributed by atoms with Crippen molar-refractivity contribution in [3.05, 3.63) is 29.3 Å². The molecule has 0 unspecified atom stereocenters. The van der Waals surface area contributed by atoms with Crippen molar-refractivity contribution in [1.29, 1.82) is 0 Å². The van der Waals surface area contributed by atoms with E-state index in [4.69, 9.17) is 15.2 Å². The van der Waals surface area contributed by atoms with E-state index in [9.17, 15) is 4.79 Å². The highest BCUT2D eigenvalue weighted by molar-refractivity contribution is 5.96. The number of nitrogens with zero attached hydrogens (tertiary/aromatic N) is 1. The predicted molar refractivity (Wildman–Crippen MR) is 72.9 cm³/mol. The second-order valence-electron chi connectivity index (χ2n) is 4.62. The number of benzene rings is 1. The van der Waals surface area contributed by atoms with Gasteiger partial charge in [-0.25, -0.2) is 4.79 Å². The summed E-state index contributed by atoms with van der Waals surface area (Å²) in [5.74, 6) is -0.376. The van der Waals surface area contributed by atoms with Gasteiger partial charge in [-0.2, -0.15) is 0 Å². The van der Waals surface area contributed by atoms with Crippen molar-refractivity contribution in [2.24, 2.45) is 0 Å². The summed E-state index contributed by atoms with van der Waals surface area (Å²) in [5, 5.41) is 0. The van der Waals surface area contributed by atoms with Gasteiger partial charge in [-0.1, -0.05) is 12.1 Å². The molecule has 1 aliphatic rings. The molecule has 0 amide bonds. The van der Waals surface area contributed by atoms with Crippen molar-refractivity contribution >= 4 is 11.7 Å². The van der Waals surface area contributed by atoms with Crippen LogP contribution in [0.1, 0.15) is 22.3 Å². The third-order valence-corrected chi connectivity index (χ3v) is 3.28. The van der Waals surface area contributed by atoms with Crippen LogP contribution < -0.4 is 5.73 Å². The van der Waals surface area contributed by atoms with E-state index in [0.717, 1.165) is 38.3 Å². The smallest absolute Gasteiger partial charge is 0.340 e. The summed E-state index contributed by atoms with van der Waals surface area (Å²) < 4.78 is 10.2. The first-order valence-electron chi connectivity index (χ1n) is 6.48. The number of esters is 1. The second kappa shape index (κ2) is 6.54. The van der Waals surface area contributed by atoms with E-state index in [0.29, 0.717) is 17.8 Å². The van der Waals surface area contributed by atoms with Crippen LogP contribution in [0.25, 0.3) is 0 Å². The zero-order valence-corrected chi connectivity index (χ0v) is 11.2. The summed E-state index contributed by atoms with van der Waals surface area (Å²) in [7, 11) is 1.37. The monoisotopic (exact) mass is 264 g/mol. The third-order valence-electron chi connectivity index (χ3n) is 3.28. The minimum atomic E-state index is -0.376. The summed E-state index contributed by atoms with van der Waals surface area (Å²) in [6.07, 6.45) is 1.01. The lowest BCUT2D eigenvalue weighted by Gasteiger charge is -2.21. The lowest BCUT2D eigenvalue weighted by atomic mass is 10.0. The molecule has 0 radical (unpaired) electrons. The molecule has 1 heterocycles. The molecular weight excluding hydrogens is 244 g/mol. The largest absolute Gasteiger partial charge is 0.465 e. The van der Waals surface area contributed by atoms with E-state index in [-0.39, 0.29) is 5.97 Å². The molecule has 1 aromatic carbocycles. The predicted octanol–water partition coefficient (Wildman–Crippen LogP) is 1.28. The first-order chi connectivity index (χ1) is 9.22. The summed E-state index contributed by atoms with van der Waals surface area (Å²) >= 11 is 0. The highest BCUT2D eigenvalue weighted by Crippen LogP contribution is 2.20.